The summed E-state index contributed by atoms with van der Waals surface area (Å²) in [6, 6.07) is 16.8. The molecule has 1 N–H and O–H groups in total. The molecular weight excluding hydrogens is 328 g/mol. The number of aromatic nitrogens is 2. The van der Waals surface area contributed by atoms with Crippen molar-refractivity contribution in [2.24, 2.45) is 5.10 Å². The molecule has 0 aliphatic carbocycles. The predicted octanol–water partition coefficient (Wildman–Crippen LogP) is 3.09. The van der Waals surface area contributed by atoms with Gasteiger partial charge in [0, 0.05) is 18.0 Å². The van der Waals surface area contributed by atoms with E-state index >= 15 is 0 Å². The molecule has 0 radical (unpaired) electrons. The van der Waals surface area contributed by atoms with Crippen LogP contribution < -0.4 is 10.2 Å². The van der Waals surface area contributed by atoms with Crippen molar-refractivity contribution in [3.63, 3.8) is 0 Å². The SMILES string of the molecule is CCOc1ccc(/C=N/NC(=O)c2cccc(Cn3cccn3)c2)cc1. The second-order valence-electron chi connectivity index (χ2n) is 5.61. The van der Waals surface area contributed by atoms with E-state index in [4.69, 9.17) is 4.74 Å². The maximum Gasteiger partial charge on any atom is 0.271 e. The molecule has 1 aromatic heterocycles. The number of rotatable bonds is 7. The number of benzene rings is 2. The zero-order valence-electron chi connectivity index (χ0n) is 14.5. The second-order valence-corrected chi connectivity index (χ2v) is 5.61. The van der Waals surface area contributed by atoms with E-state index in [1.54, 1.807) is 23.2 Å². The van der Waals surface area contributed by atoms with Gasteiger partial charge in [-0.2, -0.15) is 10.2 Å². The summed E-state index contributed by atoms with van der Waals surface area (Å²) in [6.45, 7) is 3.18. The van der Waals surface area contributed by atoms with E-state index in [1.807, 2.05) is 61.7 Å². The van der Waals surface area contributed by atoms with Gasteiger partial charge in [-0.1, -0.05) is 12.1 Å². The summed E-state index contributed by atoms with van der Waals surface area (Å²) in [7, 11) is 0. The normalized spacial score (nSPS) is 10.8. The number of hydrazone groups is 1. The van der Waals surface area contributed by atoms with Crippen molar-refractivity contribution in [3.8, 4) is 5.75 Å². The van der Waals surface area contributed by atoms with Gasteiger partial charge in [0.25, 0.3) is 5.91 Å². The van der Waals surface area contributed by atoms with Crippen LogP contribution in [0.4, 0.5) is 0 Å². The van der Waals surface area contributed by atoms with Crippen molar-refractivity contribution in [1.82, 2.24) is 15.2 Å². The molecule has 0 bridgehead atoms. The second kappa shape index (κ2) is 8.62. The smallest absolute Gasteiger partial charge is 0.271 e. The molecule has 2 aromatic carbocycles. The van der Waals surface area contributed by atoms with Crippen molar-refractivity contribution in [2.75, 3.05) is 6.61 Å². The minimum absolute atomic E-state index is 0.255. The summed E-state index contributed by atoms with van der Waals surface area (Å²) in [5.74, 6) is 0.553. The van der Waals surface area contributed by atoms with Gasteiger partial charge in [-0.25, -0.2) is 5.43 Å². The largest absolute Gasteiger partial charge is 0.494 e. The van der Waals surface area contributed by atoms with E-state index in [-0.39, 0.29) is 5.91 Å². The Kier molecular flexibility index (Phi) is 5.77. The Bertz CT molecular complexity index is 871. The van der Waals surface area contributed by atoms with Crippen molar-refractivity contribution in [2.45, 2.75) is 13.5 Å². The van der Waals surface area contributed by atoms with Crippen LogP contribution in [0.15, 0.2) is 72.1 Å². The molecule has 26 heavy (non-hydrogen) atoms. The zero-order valence-corrected chi connectivity index (χ0v) is 14.5. The minimum Gasteiger partial charge on any atom is -0.494 e. The number of carbonyl (C=O) groups excluding carboxylic acids is 1. The summed E-state index contributed by atoms with van der Waals surface area (Å²) in [5.41, 5.74) is 4.98. The van der Waals surface area contributed by atoms with Crippen molar-refractivity contribution in [3.05, 3.63) is 83.7 Å². The molecule has 6 heteroatoms. The Balaban J connectivity index is 1.59. The highest BCUT2D eigenvalue weighted by atomic mass is 16.5. The Labute approximate surface area is 152 Å². The number of hydrogen-bond donors (Lipinski definition) is 1. The lowest BCUT2D eigenvalue weighted by Gasteiger charge is -2.05. The summed E-state index contributed by atoms with van der Waals surface area (Å²) in [4.78, 5) is 12.3. The van der Waals surface area contributed by atoms with Crippen molar-refractivity contribution < 1.29 is 9.53 Å². The predicted molar refractivity (Wildman–Crippen MR) is 100 cm³/mol. The van der Waals surface area contributed by atoms with Crippen LogP contribution in [0.1, 0.15) is 28.4 Å². The fourth-order valence-electron chi connectivity index (χ4n) is 2.44. The fraction of sp³-hybridized carbons (Fsp3) is 0.150. The molecule has 3 rings (SSSR count). The van der Waals surface area contributed by atoms with Gasteiger partial charge in [0.05, 0.1) is 19.4 Å². The first-order chi connectivity index (χ1) is 12.7. The molecule has 0 saturated heterocycles. The van der Waals surface area contributed by atoms with Gasteiger partial charge < -0.3 is 4.74 Å². The Morgan fingerprint density at radius 1 is 1.23 bits per heavy atom. The van der Waals surface area contributed by atoms with E-state index in [2.05, 4.69) is 15.6 Å². The highest BCUT2D eigenvalue weighted by Gasteiger charge is 2.05. The standard InChI is InChI=1S/C20H20N4O2/c1-2-26-19-9-7-16(8-10-19)14-21-23-20(25)18-6-3-5-17(13-18)15-24-12-4-11-22-24/h3-14H,2,15H2,1H3,(H,23,25)/b21-14+. The van der Waals surface area contributed by atoms with Gasteiger partial charge >= 0.3 is 0 Å². The average molecular weight is 348 g/mol. The van der Waals surface area contributed by atoms with Gasteiger partial charge in [0.1, 0.15) is 5.75 Å². The Morgan fingerprint density at radius 3 is 2.81 bits per heavy atom. The van der Waals surface area contributed by atoms with E-state index in [0.717, 1.165) is 16.9 Å². The average Bonchev–Trinajstić information content (AvgIpc) is 3.16. The van der Waals surface area contributed by atoms with Crippen LogP contribution in [-0.2, 0) is 6.54 Å². The summed E-state index contributed by atoms with van der Waals surface area (Å²) in [5, 5.41) is 8.19. The zero-order chi connectivity index (χ0) is 18.2. The van der Waals surface area contributed by atoms with Crippen LogP contribution in [0.3, 0.4) is 0 Å². The topological polar surface area (TPSA) is 68.5 Å². The molecule has 132 valence electrons. The molecule has 0 spiro atoms. The van der Waals surface area contributed by atoms with Crippen LogP contribution in [0.5, 0.6) is 5.75 Å². The summed E-state index contributed by atoms with van der Waals surface area (Å²) >= 11 is 0. The maximum absolute atomic E-state index is 12.3. The summed E-state index contributed by atoms with van der Waals surface area (Å²) in [6.07, 6.45) is 5.21. The summed E-state index contributed by atoms with van der Waals surface area (Å²) < 4.78 is 7.20. The molecule has 3 aromatic rings. The van der Waals surface area contributed by atoms with E-state index in [1.165, 1.54) is 0 Å². The van der Waals surface area contributed by atoms with E-state index in [9.17, 15) is 4.79 Å². The lowest BCUT2D eigenvalue weighted by Crippen LogP contribution is -2.18. The monoisotopic (exact) mass is 348 g/mol. The van der Waals surface area contributed by atoms with Crippen molar-refractivity contribution >= 4 is 12.1 Å². The lowest BCUT2D eigenvalue weighted by molar-refractivity contribution is 0.0955. The molecular formula is C20H20N4O2. The number of nitrogens with one attached hydrogen (secondary N) is 1. The third-order valence-electron chi connectivity index (χ3n) is 3.66. The van der Waals surface area contributed by atoms with Gasteiger partial charge in [-0.05, 0) is 60.5 Å². The van der Waals surface area contributed by atoms with Crippen LogP contribution >= 0.6 is 0 Å². The van der Waals surface area contributed by atoms with Gasteiger partial charge in [-0.3, -0.25) is 9.48 Å². The molecule has 1 heterocycles. The quantitative estimate of drug-likeness (QED) is 0.527. The van der Waals surface area contributed by atoms with Crippen LogP contribution in [0.25, 0.3) is 0 Å². The number of hydrogen-bond acceptors (Lipinski definition) is 4. The van der Waals surface area contributed by atoms with Gasteiger partial charge in [0.15, 0.2) is 0 Å². The highest BCUT2D eigenvalue weighted by Crippen LogP contribution is 2.11. The Hall–Kier alpha value is -3.41. The molecule has 0 unspecified atom stereocenters. The molecule has 0 aliphatic heterocycles. The van der Waals surface area contributed by atoms with Crippen LogP contribution in [-0.4, -0.2) is 28.5 Å². The maximum atomic E-state index is 12.3. The fourth-order valence-corrected chi connectivity index (χ4v) is 2.44. The van der Waals surface area contributed by atoms with E-state index < -0.39 is 0 Å². The third kappa shape index (κ3) is 4.80. The Morgan fingerprint density at radius 2 is 2.08 bits per heavy atom. The highest BCUT2D eigenvalue weighted by molar-refractivity contribution is 5.95. The number of nitrogens with zero attached hydrogens (tertiary/aromatic N) is 3. The number of carbonyl (C=O) groups is 1. The first kappa shape index (κ1) is 17.4. The van der Waals surface area contributed by atoms with Gasteiger partial charge in [0.2, 0.25) is 0 Å². The molecule has 0 saturated carbocycles. The third-order valence-corrected chi connectivity index (χ3v) is 3.66. The lowest BCUT2D eigenvalue weighted by atomic mass is 10.1. The molecule has 6 nitrogen and oxygen atoms in total. The molecule has 1 amide bonds. The molecule has 0 aliphatic rings. The first-order valence-corrected chi connectivity index (χ1v) is 8.37. The van der Waals surface area contributed by atoms with Gasteiger partial charge in [-0.15, -0.1) is 0 Å². The van der Waals surface area contributed by atoms with Crippen LogP contribution in [0, 0.1) is 0 Å². The number of amides is 1. The number of ether oxygens (including phenoxy) is 1. The first-order valence-electron chi connectivity index (χ1n) is 8.37. The molecule has 0 fully saturated rings. The van der Waals surface area contributed by atoms with Crippen molar-refractivity contribution in [1.29, 1.82) is 0 Å². The molecule has 0 atom stereocenters. The minimum atomic E-state index is -0.255. The van der Waals surface area contributed by atoms with E-state index in [0.29, 0.717) is 18.7 Å². The van der Waals surface area contributed by atoms with Crippen LogP contribution in [0.2, 0.25) is 0 Å².